The van der Waals surface area contributed by atoms with Crippen molar-refractivity contribution in [2.75, 3.05) is 6.79 Å². The zero-order chi connectivity index (χ0) is 22.5. The second kappa shape index (κ2) is 7.68. The molecule has 0 radical (unpaired) electrons. The van der Waals surface area contributed by atoms with Crippen LogP contribution in [0.4, 0.5) is 0 Å². The number of carbonyl (C=O) groups is 2. The van der Waals surface area contributed by atoms with Gasteiger partial charge in [-0.2, -0.15) is 0 Å². The summed E-state index contributed by atoms with van der Waals surface area (Å²) in [5, 5.41) is 9.82. The standard InChI is InChI=1S/C26H21ClO5/c1-15-2-3-16(10-19(15)20-12-17(25(29)30)4-6-21(20)27)11-24(28)26(8-9-26)18-5-7-22-23(13-18)32-14-31-22/h2-7,10,12-13H,8-9,11,14H2,1H3,(H,29,30). The monoisotopic (exact) mass is 448 g/mol. The van der Waals surface area contributed by atoms with Gasteiger partial charge < -0.3 is 14.6 Å². The molecule has 1 N–H and O–H groups in total. The zero-order valence-corrected chi connectivity index (χ0v) is 18.2. The molecule has 0 unspecified atom stereocenters. The van der Waals surface area contributed by atoms with Gasteiger partial charge in [0.05, 0.1) is 11.0 Å². The lowest BCUT2D eigenvalue weighted by Crippen LogP contribution is -2.22. The Morgan fingerprint density at radius 3 is 2.50 bits per heavy atom. The fraction of sp³-hybridized carbons (Fsp3) is 0.231. The number of rotatable bonds is 6. The van der Waals surface area contributed by atoms with Crippen molar-refractivity contribution in [3.05, 3.63) is 81.9 Å². The number of Topliss-reactive ketones (excluding diaryl/α,β-unsaturated/α-hetero) is 1. The average molecular weight is 449 g/mol. The minimum absolute atomic E-state index is 0.163. The first-order valence-corrected chi connectivity index (χ1v) is 10.8. The molecule has 0 spiro atoms. The molecular weight excluding hydrogens is 428 g/mol. The van der Waals surface area contributed by atoms with Crippen molar-refractivity contribution in [1.82, 2.24) is 0 Å². The Kier molecular flexibility index (Phi) is 4.94. The van der Waals surface area contributed by atoms with Gasteiger partial charge in [0.2, 0.25) is 6.79 Å². The molecule has 0 atom stereocenters. The molecular formula is C26H21ClO5. The zero-order valence-electron chi connectivity index (χ0n) is 17.5. The topological polar surface area (TPSA) is 72.8 Å². The van der Waals surface area contributed by atoms with Crippen molar-refractivity contribution in [2.24, 2.45) is 0 Å². The van der Waals surface area contributed by atoms with E-state index in [2.05, 4.69) is 0 Å². The molecule has 0 aromatic heterocycles. The van der Waals surface area contributed by atoms with E-state index in [0.717, 1.165) is 35.1 Å². The third-order valence-electron chi connectivity index (χ3n) is 6.38. The van der Waals surface area contributed by atoms with Crippen LogP contribution in [-0.4, -0.2) is 23.7 Å². The minimum Gasteiger partial charge on any atom is -0.478 e. The second-order valence-corrected chi connectivity index (χ2v) is 8.81. The molecule has 1 fully saturated rings. The normalized spacial score (nSPS) is 15.4. The summed E-state index contributed by atoms with van der Waals surface area (Å²) in [7, 11) is 0. The van der Waals surface area contributed by atoms with Crippen molar-refractivity contribution in [3.63, 3.8) is 0 Å². The van der Waals surface area contributed by atoms with Crippen LogP contribution in [0.1, 0.15) is 39.9 Å². The summed E-state index contributed by atoms with van der Waals surface area (Å²) in [6, 6.07) is 16.2. The molecule has 0 bridgehead atoms. The molecule has 0 amide bonds. The first kappa shape index (κ1) is 20.6. The third kappa shape index (κ3) is 3.53. The van der Waals surface area contributed by atoms with Gasteiger partial charge in [-0.25, -0.2) is 4.79 Å². The predicted octanol–water partition coefficient (Wildman–Crippen LogP) is 5.59. The van der Waals surface area contributed by atoms with Crippen molar-refractivity contribution in [2.45, 2.75) is 31.6 Å². The van der Waals surface area contributed by atoms with Crippen molar-refractivity contribution < 1.29 is 24.2 Å². The lowest BCUT2D eigenvalue weighted by Gasteiger charge is -2.16. The molecule has 3 aromatic rings. The van der Waals surface area contributed by atoms with Crippen LogP contribution in [-0.2, 0) is 16.6 Å². The summed E-state index contributed by atoms with van der Waals surface area (Å²) in [4.78, 5) is 24.8. The Morgan fingerprint density at radius 1 is 0.969 bits per heavy atom. The van der Waals surface area contributed by atoms with Crippen LogP contribution < -0.4 is 9.47 Å². The molecule has 1 aliphatic carbocycles. The highest BCUT2D eigenvalue weighted by Crippen LogP contribution is 2.51. The van der Waals surface area contributed by atoms with E-state index in [1.165, 1.54) is 6.07 Å². The van der Waals surface area contributed by atoms with Crippen LogP contribution in [0, 0.1) is 6.92 Å². The van der Waals surface area contributed by atoms with E-state index in [1.807, 2.05) is 43.3 Å². The van der Waals surface area contributed by atoms with E-state index in [1.54, 1.807) is 12.1 Å². The van der Waals surface area contributed by atoms with Crippen LogP contribution in [0.5, 0.6) is 11.5 Å². The fourth-order valence-corrected chi connectivity index (χ4v) is 4.56. The van der Waals surface area contributed by atoms with Gasteiger partial charge >= 0.3 is 5.97 Å². The molecule has 2 aliphatic rings. The van der Waals surface area contributed by atoms with E-state index in [9.17, 15) is 14.7 Å². The average Bonchev–Trinajstić information content (AvgIpc) is 3.46. The van der Waals surface area contributed by atoms with E-state index >= 15 is 0 Å². The molecule has 0 saturated heterocycles. The molecule has 1 saturated carbocycles. The maximum atomic E-state index is 13.4. The highest BCUT2D eigenvalue weighted by atomic mass is 35.5. The van der Waals surface area contributed by atoms with E-state index in [-0.39, 0.29) is 24.6 Å². The van der Waals surface area contributed by atoms with E-state index < -0.39 is 11.4 Å². The number of halogens is 1. The number of carboxylic acids is 1. The van der Waals surface area contributed by atoms with E-state index in [4.69, 9.17) is 21.1 Å². The molecule has 3 aromatic carbocycles. The largest absolute Gasteiger partial charge is 0.478 e. The Balaban J connectivity index is 1.44. The van der Waals surface area contributed by atoms with Crippen molar-refractivity contribution in [1.29, 1.82) is 0 Å². The predicted molar refractivity (Wildman–Crippen MR) is 121 cm³/mol. The molecule has 6 heteroatoms. The number of ketones is 1. The van der Waals surface area contributed by atoms with Crippen LogP contribution in [0.3, 0.4) is 0 Å². The number of carboxylic acid groups (broad SMARTS) is 1. The fourth-order valence-electron chi connectivity index (χ4n) is 4.34. The molecule has 1 heterocycles. The molecule has 162 valence electrons. The number of hydrogen-bond donors (Lipinski definition) is 1. The van der Waals surface area contributed by atoms with Crippen molar-refractivity contribution in [3.8, 4) is 22.6 Å². The summed E-state index contributed by atoms with van der Waals surface area (Å²) < 4.78 is 10.9. The number of ether oxygens (including phenoxy) is 2. The Hall–Kier alpha value is -3.31. The SMILES string of the molecule is Cc1ccc(CC(=O)C2(c3ccc4c(c3)OCO4)CC2)cc1-c1cc(C(=O)O)ccc1Cl. The quantitative estimate of drug-likeness (QED) is 0.532. The summed E-state index contributed by atoms with van der Waals surface area (Å²) in [5.74, 6) is 0.552. The summed E-state index contributed by atoms with van der Waals surface area (Å²) in [6.45, 7) is 2.15. The highest BCUT2D eigenvalue weighted by molar-refractivity contribution is 6.33. The summed E-state index contributed by atoms with van der Waals surface area (Å²) in [6.07, 6.45) is 1.92. The molecule has 5 rings (SSSR count). The first-order chi connectivity index (χ1) is 15.4. The van der Waals surface area contributed by atoms with Crippen LogP contribution in [0.15, 0.2) is 54.6 Å². The summed E-state index contributed by atoms with van der Waals surface area (Å²) >= 11 is 6.39. The third-order valence-corrected chi connectivity index (χ3v) is 6.71. The number of benzene rings is 3. The van der Waals surface area contributed by atoms with Gasteiger partial charge in [-0.05, 0) is 72.4 Å². The van der Waals surface area contributed by atoms with Crippen LogP contribution in [0.25, 0.3) is 11.1 Å². The number of hydrogen-bond acceptors (Lipinski definition) is 4. The maximum absolute atomic E-state index is 13.4. The van der Waals surface area contributed by atoms with E-state index in [0.29, 0.717) is 22.1 Å². The van der Waals surface area contributed by atoms with Gasteiger partial charge in [-0.3, -0.25) is 4.79 Å². The first-order valence-electron chi connectivity index (χ1n) is 10.4. The molecule has 32 heavy (non-hydrogen) atoms. The smallest absolute Gasteiger partial charge is 0.335 e. The maximum Gasteiger partial charge on any atom is 0.335 e. The lowest BCUT2D eigenvalue weighted by atomic mass is 9.86. The van der Waals surface area contributed by atoms with Gasteiger partial charge in [0.25, 0.3) is 0 Å². The van der Waals surface area contributed by atoms with Gasteiger partial charge in [0.15, 0.2) is 11.5 Å². The Labute approximate surface area is 190 Å². The Morgan fingerprint density at radius 2 is 1.75 bits per heavy atom. The second-order valence-electron chi connectivity index (χ2n) is 8.40. The van der Waals surface area contributed by atoms with Crippen molar-refractivity contribution >= 4 is 23.4 Å². The number of carbonyl (C=O) groups excluding carboxylic acids is 1. The minimum atomic E-state index is -1.01. The lowest BCUT2D eigenvalue weighted by molar-refractivity contribution is -0.120. The molecule has 5 nitrogen and oxygen atoms in total. The number of aromatic carboxylic acids is 1. The van der Waals surface area contributed by atoms with Gasteiger partial charge in [-0.1, -0.05) is 35.9 Å². The van der Waals surface area contributed by atoms with Gasteiger partial charge in [-0.15, -0.1) is 0 Å². The van der Waals surface area contributed by atoms with Crippen LogP contribution in [0.2, 0.25) is 5.02 Å². The summed E-state index contributed by atoms with van der Waals surface area (Å²) in [5.41, 5.74) is 3.97. The highest BCUT2D eigenvalue weighted by Gasteiger charge is 2.50. The number of fused-ring (bicyclic) bond motifs is 1. The van der Waals surface area contributed by atoms with Gasteiger partial charge in [0, 0.05) is 17.0 Å². The molecule has 1 aliphatic heterocycles. The Bertz CT molecular complexity index is 1260. The number of aryl methyl sites for hydroxylation is 1. The van der Waals surface area contributed by atoms with Crippen LogP contribution >= 0.6 is 11.6 Å². The van der Waals surface area contributed by atoms with Gasteiger partial charge in [0.1, 0.15) is 5.78 Å².